The molecule has 2 heterocycles. The van der Waals surface area contributed by atoms with Gasteiger partial charge in [0.15, 0.2) is 5.13 Å². The molecule has 0 unspecified atom stereocenters. The normalized spacial score (nSPS) is 12.2. The molecule has 0 saturated carbocycles. The molecule has 2 aromatic heterocycles. The van der Waals surface area contributed by atoms with Gasteiger partial charge in [-0.05, 0) is 44.9 Å². The lowest BCUT2D eigenvalue weighted by molar-refractivity contribution is -0.117. The molecule has 2 N–H and O–H groups in total. The number of carbonyl (C=O) groups excluding carboxylic acids is 1. The third-order valence-electron chi connectivity index (χ3n) is 4.41. The number of anilines is 1. The van der Waals surface area contributed by atoms with Crippen LogP contribution in [0.3, 0.4) is 0 Å². The number of aryl methyl sites for hydroxylation is 3. The molecule has 3 aromatic rings. The van der Waals surface area contributed by atoms with Gasteiger partial charge in [-0.25, -0.2) is 9.37 Å². The number of aromatic amines is 1. The van der Waals surface area contributed by atoms with Crippen LogP contribution < -0.4 is 5.32 Å². The number of halogens is 1. The van der Waals surface area contributed by atoms with Crippen LogP contribution in [0.2, 0.25) is 0 Å². The minimum absolute atomic E-state index is 0.125. The largest absolute Gasteiger partial charge is 0.301 e. The van der Waals surface area contributed by atoms with Crippen molar-refractivity contribution in [1.29, 1.82) is 0 Å². The van der Waals surface area contributed by atoms with Gasteiger partial charge in [0.1, 0.15) is 5.82 Å². The average molecular weight is 372 g/mol. The Balaban J connectivity index is 1.68. The maximum Gasteiger partial charge on any atom is 0.233 e. The van der Waals surface area contributed by atoms with E-state index < -0.39 is 0 Å². The van der Waals surface area contributed by atoms with E-state index in [-0.39, 0.29) is 17.6 Å². The number of nitrogens with one attached hydrogen (secondary N) is 2. The highest BCUT2D eigenvalue weighted by Crippen LogP contribution is 2.26. The lowest BCUT2D eigenvalue weighted by Gasteiger charge is -2.11. The van der Waals surface area contributed by atoms with Crippen molar-refractivity contribution in [2.45, 2.75) is 40.0 Å². The molecule has 3 rings (SSSR count). The van der Waals surface area contributed by atoms with Crippen LogP contribution in [-0.4, -0.2) is 21.1 Å². The zero-order valence-corrected chi connectivity index (χ0v) is 16.0. The molecular formula is C19H21FN4OS. The molecule has 26 heavy (non-hydrogen) atoms. The summed E-state index contributed by atoms with van der Waals surface area (Å²) >= 11 is 1.40. The Morgan fingerprint density at radius 1 is 1.35 bits per heavy atom. The Bertz CT molecular complexity index is 927. The molecule has 5 nitrogen and oxygen atoms in total. The summed E-state index contributed by atoms with van der Waals surface area (Å²) in [6.45, 7) is 7.37. The minimum atomic E-state index is -0.327. The first-order valence-electron chi connectivity index (χ1n) is 8.37. The van der Waals surface area contributed by atoms with E-state index in [1.807, 2.05) is 26.8 Å². The molecule has 1 aromatic carbocycles. The van der Waals surface area contributed by atoms with Crippen molar-refractivity contribution in [3.05, 3.63) is 63.2 Å². The summed E-state index contributed by atoms with van der Waals surface area (Å²) in [7, 11) is 0. The molecule has 0 fully saturated rings. The summed E-state index contributed by atoms with van der Waals surface area (Å²) in [5, 5.41) is 10.5. The van der Waals surface area contributed by atoms with E-state index >= 15 is 0 Å². The van der Waals surface area contributed by atoms with Gasteiger partial charge in [0.05, 0.1) is 11.6 Å². The Hall–Kier alpha value is -2.54. The van der Waals surface area contributed by atoms with E-state index in [2.05, 4.69) is 20.5 Å². The molecule has 0 spiro atoms. The first kappa shape index (κ1) is 18.3. The van der Waals surface area contributed by atoms with Crippen LogP contribution in [0.4, 0.5) is 9.52 Å². The molecule has 0 bridgehead atoms. The molecule has 0 radical (unpaired) electrons. The smallest absolute Gasteiger partial charge is 0.233 e. The highest BCUT2D eigenvalue weighted by Gasteiger charge is 2.22. The van der Waals surface area contributed by atoms with Crippen molar-refractivity contribution >= 4 is 22.4 Å². The third kappa shape index (κ3) is 3.83. The van der Waals surface area contributed by atoms with Crippen molar-refractivity contribution in [2.24, 2.45) is 0 Å². The van der Waals surface area contributed by atoms with E-state index in [0.717, 1.165) is 27.4 Å². The zero-order valence-electron chi connectivity index (χ0n) is 15.2. The quantitative estimate of drug-likeness (QED) is 0.703. The van der Waals surface area contributed by atoms with Gasteiger partial charge < -0.3 is 5.32 Å². The average Bonchev–Trinajstić information content (AvgIpc) is 3.16. The van der Waals surface area contributed by atoms with Crippen molar-refractivity contribution in [2.75, 3.05) is 5.32 Å². The Labute approximate surface area is 155 Å². The van der Waals surface area contributed by atoms with Gasteiger partial charge in [0.25, 0.3) is 0 Å². The fourth-order valence-electron chi connectivity index (χ4n) is 2.94. The van der Waals surface area contributed by atoms with Gasteiger partial charge in [0, 0.05) is 28.8 Å². The Kier molecular flexibility index (Phi) is 5.18. The van der Waals surface area contributed by atoms with Gasteiger partial charge in [-0.15, -0.1) is 11.3 Å². The van der Waals surface area contributed by atoms with Crippen LogP contribution in [0.1, 0.15) is 45.8 Å². The molecule has 1 amide bonds. The second-order valence-electron chi connectivity index (χ2n) is 6.45. The van der Waals surface area contributed by atoms with Crippen LogP contribution >= 0.6 is 11.3 Å². The van der Waals surface area contributed by atoms with E-state index in [9.17, 15) is 9.18 Å². The fourth-order valence-corrected chi connectivity index (χ4v) is 3.79. The summed E-state index contributed by atoms with van der Waals surface area (Å²) in [5.41, 5.74) is 4.14. The van der Waals surface area contributed by atoms with Crippen LogP contribution in [0.25, 0.3) is 0 Å². The molecule has 0 aliphatic rings. The number of benzene rings is 1. The summed E-state index contributed by atoms with van der Waals surface area (Å²) in [6.07, 6.45) is 2.30. The highest BCUT2D eigenvalue weighted by molar-refractivity contribution is 7.15. The maximum atomic E-state index is 13.7. The lowest BCUT2D eigenvalue weighted by atomic mass is 9.98. The first-order chi connectivity index (χ1) is 12.3. The number of hydrogen-bond acceptors (Lipinski definition) is 4. The molecule has 0 saturated heterocycles. The zero-order chi connectivity index (χ0) is 18.8. The Morgan fingerprint density at radius 3 is 2.77 bits per heavy atom. The van der Waals surface area contributed by atoms with Gasteiger partial charge in [-0.2, -0.15) is 5.10 Å². The maximum absolute atomic E-state index is 13.7. The number of nitrogens with zero attached hydrogens (tertiary/aromatic N) is 2. The number of H-pyrrole nitrogens is 1. The standard InChI is InChI=1S/C19H21FN4OS/c1-10-5-6-14(8-16(10)20)7-15-9-21-19(26-15)22-18(25)11(2)17-12(3)23-24-13(17)4/h5-6,8-9,11H,7H2,1-4H3,(H,23,24)(H,21,22,25)/t11-/m1/s1. The number of amides is 1. The predicted octanol–water partition coefficient (Wildman–Crippen LogP) is 4.26. The molecule has 0 aliphatic heterocycles. The Morgan fingerprint density at radius 2 is 2.12 bits per heavy atom. The third-order valence-corrected chi connectivity index (χ3v) is 5.32. The van der Waals surface area contributed by atoms with Crippen molar-refractivity contribution in [3.8, 4) is 0 Å². The van der Waals surface area contributed by atoms with E-state index in [1.54, 1.807) is 25.3 Å². The number of aromatic nitrogens is 3. The number of rotatable bonds is 5. The summed E-state index contributed by atoms with van der Waals surface area (Å²) in [5.74, 6) is -0.660. The molecule has 1 atom stereocenters. The van der Waals surface area contributed by atoms with Crippen LogP contribution in [-0.2, 0) is 11.2 Å². The molecular weight excluding hydrogens is 351 g/mol. The van der Waals surface area contributed by atoms with Gasteiger partial charge in [-0.1, -0.05) is 12.1 Å². The number of carbonyl (C=O) groups is 1. The molecule has 7 heteroatoms. The summed E-state index contributed by atoms with van der Waals surface area (Å²) in [4.78, 5) is 17.8. The van der Waals surface area contributed by atoms with Crippen molar-refractivity contribution in [1.82, 2.24) is 15.2 Å². The van der Waals surface area contributed by atoms with Crippen LogP contribution in [0, 0.1) is 26.6 Å². The molecule has 136 valence electrons. The van der Waals surface area contributed by atoms with Gasteiger partial charge >= 0.3 is 0 Å². The summed E-state index contributed by atoms with van der Waals surface area (Å²) < 4.78 is 13.7. The topological polar surface area (TPSA) is 70.7 Å². The van der Waals surface area contributed by atoms with E-state index in [0.29, 0.717) is 17.1 Å². The number of hydrogen-bond donors (Lipinski definition) is 2. The first-order valence-corrected chi connectivity index (χ1v) is 9.19. The minimum Gasteiger partial charge on any atom is -0.301 e. The van der Waals surface area contributed by atoms with Crippen LogP contribution in [0.15, 0.2) is 24.4 Å². The van der Waals surface area contributed by atoms with Crippen LogP contribution in [0.5, 0.6) is 0 Å². The van der Waals surface area contributed by atoms with E-state index in [1.165, 1.54) is 11.3 Å². The van der Waals surface area contributed by atoms with Gasteiger partial charge in [-0.3, -0.25) is 9.89 Å². The summed E-state index contributed by atoms with van der Waals surface area (Å²) in [6, 6.07) is 5.22. The SMILES string of the molecule is Cc1ccc(Cc2cnc(NC(=O)[C@H](C)c3c(C)n[nH]c3C)s2)cc1F. The highest BCUT2D eigenvalue weighted by atomic mass is 32.1. The monoisotopic (exact) mass is 372 g/mol. The molecule has 0 aliphatic carbocycles. The number of thiazole rings is 1. The lowest BCUT2D eigenvalue weighted by Crippen LogP contribution is -2.19. The van der Waals surface area contributed by atoms with E-state index in [4.69, 9.17) is 0 Å². The predicted molar refractivity (Wildman–Crippen MR) is 101 cm³/mol. The van der Waals surface area contributed by atoms with Crippen molar-refractivity contribution < 1.29 is 9.18 Å². The van der Waals surface area contributed by atoms with Gasteiger partial charge in [0.2, 0.25) is 5.91 Å². The fraction of sp³-hybridized carbons (Fsp3) is 0.316. The second kappa shape index (κ2) is 7.37. The van der Waals surface area contributed by atoms with Crippen molar-refractivity contribution in [3.63, 3.8) is 0 Å². The second-order valence-corrected chi connectivity index (χ2v) is 7.57.